The van der Waals surface area contributed by atoms with Crippen LogP contribution in [0.25, 0.3) is 0 Å². The van der Waals surface area contributed by atoms with Crippen LogP contribution in [0, 0.1) is 0 Å². The molecule has 0 aliphatic carbocycles. The van der Waals surface area contributed by atoms with Crippen molar-refractivity contribution in [3.63, 3.8) is 0 Å². The van der Waals surface area contributed by atoms with Crippen LogP contribution in [-0.4, -0.2) is 46.1 Å². The van der Waals surface area contributed by atoms with Crippen molar-refractivity contribution in [3.8, 4) is 0 Å². The van der Waals surface area contributed by atoms with Crippen LogP contribution in [-0.2, 0) is 6.51 Å². The van der Waals surface area contributed by atoms with E-state index in [0.717, 1.165) is 28.9 Å². The van der Waals surface area contributed by atoms with Gasteiger partial charge in [-0.25, -0.2) is 0 Å². The molecule has 0 saturated carbocycles. The van der Waals surface area contributed by atoms with Crippen LogP contribution in [0.15, 0.2) is 182 Å². The summed E-state index contributed by atoms with van der Waals surface area (Å²) in [5.74, 6) is 0. The monoisotopic (exact) mass is 820 g/mol. The standard InChI is InChI=1S/C35H36N2P.C17H14P.Fe/c1-36(2)33(27-17-9-5-10-18-27)31-25-26-32(34(37(3)4)28-19-11-6-12-20-28)35(31)38(29-21-13-7-14-22-29)30-23-15-8-16-24-30;1-3-9-15(10-4-1)18(17-13-7-8-14-17)16-11-5-2-6-12-16;/h5-26,33-34H,1-4H3;1-14H;/t33-,34-;;/m1../s1. The summed E-state index contributed by atoms with van der Waals surface area (Å²) in [7, 11) is 8.68. The second-order valence-corrected chi connectivity index (χ2v) is 49.8. The molecule has 10 fully saturated rings. The van der Waals surface area contributed by atoms with E-state index >= 15 is 0 Å². The van der Waals surface area contributed by atoms with Crippen LogP contribution in [0.5, 0.6) is 0 Å². The molecule has 16 rings (SSSR count). The molecule has 10 heterocycles. The minimum atomic E-state index is -5.19. The molecule has 6 aromatic rings. The molecule has 10 aliphatic heterocycles. The van der Waals surface area contributed by atoms with Gasteiger partial charge in [0, 0.05) is 0 Å². The van der Waals surface area contributed by atoms with Crippen molar-refractivity contribution < 1.29 is 6.51 Å². The summed E-state index contributed by atoms with van der Waals surface area (Å²) in [5, 5.41) is 6.64. The zero-order valence-corrected chi connectivity index (χ0v) is 36.0. The first-order valence-corrected chi connectivity index (χ1v) is 29.9. The summed E-state index contributed by atoms with van der Waals surface area (Å²) in [6, 6.07) is 73.9. The predicted molar refractivity (Wildman–Crippen MR) is 237 cm³/mol. The second kappa shape index (κ2) is 6.26. The van der Waals surface area contributed by atoms with Crippen molar-refractivity contribution in [2.75, 3.05) is 28.2 Å². The molecule has 0 amide bonds. The molecule has 6 aromatic carbocycles. The third kappa shape index (κ3) is 1.07. The quantitative estimate of drug-likeness (QED) is 0.0896. The van der Waals surface area contributed by atoms with Crippen molar-refractivity contribution in [3.05, 3.63) is 193 Å². The van der Waals surface area contributed by atoms with Crippen molar-refractivity contribution in [1.29, 1.82) is 0 Å². The molecule has 5 heteroatoms. The van der Waals surface area contributed by atoms with Gasteiger partial charge in [0.05, 0.1) is 0 Å². The van der Waals surface area contributed by atoms with Crippen LogP contribution in [0.4, 0.5) is 0 Å². The Bertz CT molecular complexity index is 3000. The summed E-state index contributed by atoms with van der Waals surface area (Å²) < 4.78 is 1.53. The minimum absolute atomic E-state index is 0.326. The van der Waals surface area contributed by atoms with Gasteiger partial charge in [0.25, 0.3) is 0 Å². The molecule has 0 aromatic heterocycles. The van der Waals surface area contributed by atoms with Gasteiger partial charge in [-0.15, -0.1) is 0 Å². The maximum atomic E-state index is 2.80. The first-order chi connectivity index (χ1) is 27.7. The Labute approximate surface area is 330 Å². The van der Waals surface area contributed by atoms with Gasteiger partial charge in [-0.3, -0.25) is 0 Å². The Morgan fingerprint density at radius 1 is 0.404 bits per heavy atom. The Morgan fingerprint density at radius 3 is 1.00 bits per heavy atom. The summed E-state index contributed by atoms with van der Waals surface area (Å²) in [5.41, 5.74) is 3.20. The fraction of sp³-hybridized carbons (Fsp3) is 0.308. The van der Waals surface area contributed by atoms with E-state index in [1.54, 1.807) is 32.3 Å². The first kappa shape index (κ1) is 31.5. The Hall–Kier alpha value is -3.38. The summed E-state index contributed by atoms with van der Waals surface area (Å²) in [6.07, 6.45) is 0. The maximum absolute atomic E-state index is 5.19. The average Bonchev–Trinajstić information content (AvgIpc) is 4.22. The number of benzene rings is 6. The van der Waals surface area contributed by atoms with E-state index in [1.165, 1.54) is 0 Å². The molecule has 2 nitrogen and oxygen atoms in total. The molecule has 1 spiro atoms. The zero-order valence-electron chi connectivity index (χ0n) is 33.1. The van der Waals surface area contributed by atoms with Gasteiger partial charge in [0.2, 0.25) is 0 Å². The molecular weight excluding hydrogens is 770 g/mol. The van der Waals surface area contributed by atoms with E-state index in [-0.39, 0.29) is 0 Å². The topological polar surface area (TPSA) is 6.48 Å². The third-order valence-corrected chi connectivity index (χ3v) is 81.9. The van der Waals surface area contributed by atoms with Gasteiger partial charge in [0.1, 0.15) is 0 Å². The molecule has 57 heavy (non-hydrogen) atoms. The molecule has 10 atom stereocenters. The fourth-order valence-electron chi connectivity index (χ4n) is 26.6. The third-order valence-electron chi connectivity index (χ3n) is 24.0. The van der Waals surface area contributed by atoms with Crippen molar-refractivity contribution >= 4 is 37.1 Å². The van der Waals surface area contributed by atoms with Gasteiger partial charge >= 0.3 is 332 Å². The van der Waals surface area contributed by atoms with Gasteiger partial charge < -0.3 is 0 Å². The molecule has 10 aliphatic rings. The molecule has 0 radical (unpaired) electrons. The van der Waals surface area contributed by atoms with E-state index in [0.29, 0.717) is 28.8 Å². The van der Waals surface area contributed by atoms with Crippen LogP contribution in [0.3, 0.4) is 0 Å². The van der Waals surface area contributed by atoms with Crippen LogP contribution in [0.1, 0.15) is 23.2 Å². The molecular formula is C52H50FeN2P2. The number of hydrogen-bond donors (Lipinski definition) is 0. The van der Waals surface area contributed by atoms with Crippen molar-refractivity contribution in [2.45, 2.75) is 57.7 Å². The molecule has 0 N–H and O–H groups in total. The van der Waals surface area contributed by atoms with E-state index < -0.39 is 22.4 Å². The molecule has 8 unspecified atom stereocenters. The SMILES string of the molecule is CN(C)[C@H](c1ccccc1)[C]12[CH]3[CH]4[C]5([C@@H](c6ccccc6)N(C)C)[C]1(P(c1ccccc1)c1ccccc1)[Fe]34251678[CH]2[CH]1[CH]6[C]7(P(c1ccccc1)c1ccccc1)[CH]28. The number of hydrogen-bond acceptors (Lipinski definition) is 2. The van der Waals surface area contributed by atoms with E-state index in [1.807, 2.05) is 0 Å². The number of nitrogens with zero attached hydrogens (tertiary/aromatic N) is 2. The fourth-order valence-corrected chi connectivity index (χ4v) is 137. The molecule has 286 valence electrons. The number of fused-ring (bicyclic) bond motifs is 10. The summed E-state index contributed by atoms with van der Waals surface area (Å²) in [6.45, 7) is -5.19. The second-order valence-electron chi connectivity index (χ2n) is 21.5. The Kier molecular flexibility index (Phi) is 3.46. The summed E-state index contributed by atoms with van der Waals surface area (Å²) in [4.78, 5) is 11.4. The van der Waals surface area contributed by atoms with Crippen molar-refractivity contribution in [1.82, 2.24) is 9.80 Å². The molecule has 0 bridgehead atoms. The summed E-state index contributed by atoms with van der Waals surface area (Å²) >= 11 is 0. The van der Waals surface area contributed by atoms with Crippen molar-refractivity contribution in [2.24, 2.45) is 0 Å². The van der Waals surface area contributed by atoms with Crippen LogP contribution < -0.4 is 21.2 Å². The Morgan fingerprint density at radius 2 is 0.702 bits per heavy atom. The van der Waals surface area contributed by atoms with Crippen LogP contribution >= 0.6 is 15.8 Å². The van der Waals surface area contributed by atoms with E-state index in [9.17, 15) is 0 Å². The van der Waals surface area contributed by atoms with Gasteiger partial charge in [-0.1, -0.05) is 0 Å². The predicted octanol–water partition coefficient (Wildman–Crippen LogP) is 10.8. The van der Waals surface area contributed by atoms with Gasteiger partial charge in [-0.05, 0) is 0 Å². The van der Waals surface area contributed by atoms with E-state index in [4.69, 9.17) is 0 Å². The van der Waals surface area contributed by atoms with E-state index in [2.05, 4.69) is 220 Å². The normalized spacial score (nSPS) is 49.0. The molecule has 10 saturated heterocycles. The zero-order chi connectivity index (χ0) is 37.9. The van der Waals surface area contributed by atoms with Crippen LogP contribution in [0.2, 0.25) is 37.5 Å². The number of rotatable bonds is 12. The van der Waals surface area contributed by atoms with Gasteiger partial charge in [-0.2, -0.15) is 0 Å². The Balaban J connectivity index is 1.13. The average molecular weight is 821 g/mol. The van der Waals surface area contributed by atoms with Gasteiger partial charge in [0.15, 0.2) is 0 Å². The first-order valence-electron chi connectivity index (χ1n) is 21.2.